The minimum absolute atomic E-state index is 0.205. The van der Waals surface area contributed by atoms with E-state index in [0.29, 0.717) is 11.5 Å². The molecule has 4 rings (SSSR count). The third kappa shape index (κ3) is 5.64. The molecule has 0 heterocycles. The maximum atomic E-state index is 10.8. The van der Waals surface area contributed by atoms with Crippen molar-refractivity contribution in [3.63, 3.8) is 0 Å². The number of aryl methyl sites for hydroxylation is 1. The minimum atomic E-state index is -0.993. The summed E-state index contributed by atoms with van der Waals surface area (Å²) in [5, 5.41) is 20.8. The number of rotatable bonds is 9. The van der Waals surface area contributed by atoms with E-state index in [9.17, 15) is 9.90 Å². The maximum Gasteiger partial charge on any atom is 0.328 e. The maximum absolute atomic E-state index is 10.8. The Morgan fingerprint density at radius 3 is 2.31 bits per heavy atom. The smallest absolute Gasteiger partial charge is 0.328 e. The van der Waals surface area contributed by atoms with E-state index in [1.54, 1.807) is 25.3 Å². The van der Waals surface area contributed by atoms with Gasteiger partial charge < -0.3 is 19.7 Å². The van der Waals surface area contributed by atoms with Gasteiger partial charge in [-0.15, -0.1) is 0 Å². The first-order chi connectivity index (χ1) is 17.0. The number of unbranched alkanes of at least 4 members (excludes halogenated alkanes) is 1. The number of hydrogen-bond donors (Lipinski definition) is 2. The molecule has 35 heavy (non-hydrogen) atoms. The lowest BCUT2D eigenvalue weighted by Crippen LogP contribution is -1.97. The molecule has 4 aromatic rings. The molecule has 0 atom stereocenters. The van der Waals surface area contributed by atoms with Gasteiger partial charge in [0.05, 0.1) is 7.11 Å². The van der Waals surface area contributed by atoms with Gasteiger partial charge in [0.2, 0.25) is 0 Å². The topological polar surface area (TPSA) is 76.0 Å². The highest BCUT2D eigenvalue weighted by molar-refractivity contribution is 5.98. The van der Waals surface area contributed by atoms with Gasteiger partial charge in [0.15, 0.2) is 0 Å². The summed E-state index contributed by atoms with van der Waals surface area (Å²) in [6.45, 7) is 2.16. The Hall–Kier alpha value is -4.25. The molecule has 0 fully saturated rings. The van der Waals surface area contributed by atoms with E-state index < -0.39 is 5.97 Å². The van der Waals surface area contributed by atoms with E-state index in [2.05, 4.69) is 13.0 Å². The SMILES string of the molecule is CCCCc1cc2cc(O)ccc2c(Oc2ccc(/C=C/C(=O)O)cc2)c1-c1ccc(OC)cc1. The van der Waals surface area contributed by atoms with Crippen LogP contribution in [-0.2, 0) is 11.2 Å². The monoisotopic (exact) mass is 468 g/mol. The Morgan fingerprint density at radius 1 is 0.943 bits per heavy atom. The van der Waals surface area contributed by atoms with Crippen LogP contribution in [0.4, 0.5) is 0 Å². The molecule has 0 aromatic heterocycles. The molecule has 0 unspecified atom stereocenters. The third-order valence-electron chi connectivity index (χ3n) is 5.85. The number of methoxy groups -OCH3 is 1. The Balaban J connectivity index is 1.87. The first kappa shape index (κ1) is 23.9. The average molecular weight is 469 g/mol. The number of carboxylic acid groups (broad SMARTS) is 1. The molecule has 0 amide bonds. The summed E-state index contributed by atoms with van der Waals surface area (Å²) in [5.74, 6) is 1.34. The number of phenolic OH excluding ortho intramolecular Hbond substituents is 1. The predicted octanol–water partition coefficient (Wildman–Crippen LogP) is 7.45. The van der Waals surface area contributed by atoms with Crippen LogP contribution in [0.1, 0.15) is 30.9 Å². The molecule has 5 heteroatoms. The van der Waals surface area contributed by atoms with Crippen LogP contribution >= 0.6 is 0 Å². The number of aliphatic carboxylic acids is 1. The molecule has 0 saturated heterocycles. The van der Waals surface area contributed by atoms with E-state index >= 15 is 0 Å². The molecule has 178 valence electrons. The summed E-state index contributed by atoms with van der Waals surface area (Å²) < 4.78 is 11.9. The Kier molecular flexibility index (Phi) is 7.36. The van der Waals surface area contributed by atoms with E-state index in [0.717, 1.165) is 64.1 Å². The van der Waals surface area contributed by atoms with Gasteiger partial charge >= 0.3 is 5.97 Å². The summed E-state index contributed by atoms with van der Waals surface area (Å²) in [4.78, 5) is 10.8. The molecule has 2 N–H and O–H groups in total. The number of benzene rings is 4. The van der Waals surface area contributed by atoms with Crippen LogP contribution in [0.15, 0.2) is 78.9 Å². The normalized spacial score (nSPS) is 11.1. The lowest BCUT2D eigenvalue weighted by molar-refractivity contribution is -0.131. The second-order valence-electron chi connectivity index (χ2n) is 8.32. The van der Waals surface area contributed by atoms with Crippen LogP contribution in [0.2, 0.25) is 0 Å². The zero-order chi connectivity index (χ0) is 24.8. The Labute approximate surface area is 204 Å². The molecule has 0 aliphatic heterocycles. The van der Waals surface area contributed by atoms with Crippen LogP contribution in [0, 0.1) is 0 Å². The number of phenols is 1. The van der Waals surface area contributed by atoms with Crippen molar-refractivity contribution < 1.29 is 24.5 Å². The fraction of sp³-hybridized carbons (Fsp3) is 0.167. The zero-order valence-electron chi connectivity index (χ0n) is 19.8. The van der Waals surface area contributed by atoms with Gasteiger partial charge in [-0.3, -0.25) is 0 Å². The summed E-state index contributed by atoms with van der Waals surface area (Å²) in [6, 6.07) is 22.7. The standard InChI is InChI=1S/C30H28O5/c1-3-4-5-22-18-23-19-24(31)11-16-27(23)30(29(22)21-9-14-25(34-2)15-10-21)35-26-12-6-20(7-13-26)8-17-28(32)33/h6-19,31H,3-5H2,1-2H3,(H,32,33)/b17-8+. The van der Waals surface area contributed by atoms with Crippen LogP contribution in [0.5, 0.6) is 23.0 Å². The molecule has 0 radical (unpaired) electrons. The Morgan fingerprint density at radius 2 is 1.66 bits per heavy atom. The van der Waals surface area contributed by atoms with Gasteiger partial charge in [0.1, 0.15) is 23.0 Å². The van der Waals surface area contributed by atoms with Gasteiger partial charge in [-0.2, -0.15) is 0 Å². The van der Waals surface area contributed by atoms with Gasteiger partial charge in [-0.25, -0.2) is 4.79 Å². The Bertz CT molecular complexity index is 1350. The molecule has 0 saturated carbocycles. The third-order valence-corrected chi connectivity index (χ3v) is 5.85. The molecule has 4 aromatic carbocycles. The van der Waals surface area contributed by atoms with Gasteiger partial charge in [-0.05, 0) is 83.5 Å². The molecular formula is C30H28O5. The van der Waals surface area contributed by atoms with Crippen molar-refractivity contribution in [2.24, 2.45) is 0 Å². The summed E-state index contributed by atoms with van der Waals surface area (Å²) >= 11 is 0. The van der Waals surface area contributed by atoms with Crippen LogP contribution in [0.25, 0.3) is 28.0 Å². The number of fused-ring (bicyclic) bond motifs is 1. The van der Waals surface area contributed by atoms with Crippen molar-refractivity contribution in [3.05, 3.63) is 90.0 Å². The van der Waals surface area contributed by atoms with Crippen molar-refractivity contribution in [2.75, 3.05) is 7.11 Å². The second-order valence-corrected chi connectivity index (χ2v) is 8.32. The van der Waals surface area contributed by atoms with Gasteiger partial charge in [-0.1, -0.05) is 43.7 Å². The van der Waals surface area contributed by atoms with E-state index in [1.807, 2.05) is 54.6 Å². The van der Waals surface area contributed by atoms with E-state index in [4.69, 9.17) is 14.6 Å². The molecule has 0 spiro atoms. The lowest BCUT2D eigenvalue weighted by Gasteiger charge is -2.19. The fourth-order valence-corrected chi connectivity index (χ4v) is 4.09. The van der Waals surface area contributed by atoms with Crippen molar-refractivity contribution in [1.29, 1.82) is 0 Å². The average Bonchev–Trinajstić information content (AvgIpc) is 2.87. The van der Waals surface area contributed by atoms with Crippen molar-refractivity contribution in [1.82, 2.24) is 0 Å². The molecule has 0 bridgehead atoms. The highest BCUT2D eigenvalue weighted by Gasteiger charge is 2.18. The lowest BCUT2D eigenvalue weighted by atomic mass is 9.91. The minimum Gasteiger partial charge on any atom is -0.508 e. The number of carbonyl (C=O) groups is 1. The molecule has 0 aliphatic carbocycles. The highest BCUT2D eigenvalue weighted by atomic mass is 16.5. The first-order valence-electron chi connectivity index (χ1n) is 11.6. The van der Waals surface area contributed by atoms with Gasteiger partial charge in [0.25, 0.3) is 0 Å². The number of hydrogen-bond acceptors (Lipinski definition) is 4. The van der Waals surface area contributed by atoms with Crippen LogP contribution in [0.3, 0.4) is 0 Å². The van der Waals surface area contributed by atoms with Crippen LogP contribution < -0.4 is 9.47 Å². The van der Waals surface area contributed by atoms with Crippen LogP contribution in [-0.4, -0.2) is 23.3 Å². The second kappa shape index (κ2) is 10.8. The van der Waals surface area contributed by atoms with Crippen molar-refractivity contribution in [3.8, 4) is 34.1 Å². The molecule has 0 aliphatic rings. The van der Waals surface area contributed by atoms with E-state index in [-0.39, 0.29) is 5.75 Å². The molecular weight excluding hydrogens is 440 g/mol. The number of carboxylic acids is 1. The van der Waals surface area contributed by atoms with Crippen molar-refractivity contribution in [2.45, 2.75) is 26.2 Å². The number of ether oxygens (including phenoxy) is 2. The van der Waals surface area contributed by atoms with Crippen molar-refractivity contribution >= 4 is 22.8 Å². The predicted molar refractivity (Wildman–Crippen MR) is 139 cm³/mol. The summed E-state index contributed by atoms with van der Waals surface area (Å²) in [5.41, 5.74) is 3.93. The largest absolute Gasteiger partial charge is 0.508 e. The fourth-order valence-electron chi connectivity index (χ4n) is 4.09. The highest BCUT2D eigenvalue weighted by Crippen LogP contribution is 2.44. The number of aromatic hydroxyl groups is 1. The van der Waals surface area contributed by atoms with E-state index in [1.165, 1.54) is 0 Å². The summed E-state index contributed by atoms with van der Waals surface area (Å²) in [7, 11) is 1.65. The zero-order valence-corrected chi connectivity index (χ0v) is 19.8. The quantitative estimate of drug-likeness (QED) is 0.249. The van der Waals surface area contributed by atoms with Gasteiger partial charge in [0, 0.05) is 17.0 Å². The molecule has 5 nitrogen and oxygen atoms in total. The first-order valence-corrected chi connectivity index (χ1v) is 11.6. The summed E-state index contributed by atoms with van der Waals surface area (Å²) in [6.07, 6.45) is 5.60.